The summed E-state index contributed by atoms with van der Waals surface area (Å²) in [4.78, 5) is 12.9. The summed E-state index contributed by atoms with van der Waals surface area (Å²) in [6.07, 6.45) is 0.650. The van der Waals surface area contributed by atoms with Crippen LogP contribution < -0.4 is 0 Å². The number of carbonyl (C=O) groups is 1. The van der Waals surface area contributed by atoms with Crippen LogP contribution in [0.2, 0.25) is 0 Å². The molecule has 98 valence electrons. The van der Waals surface area contributed by atoms with Crippen molar-refractivity contribution in [2.75, 3.05) is 32.9 Å². The largest absolute Gasteiger partial charge is 0.479 e. The molecule has 2 fully saturated rings. The molecular weight excluding hydrogens is 226 g/mol. The highest BCUT2D eigenvalue weighted by Crippen LogP contribution is 2.22. The summed E-state index contributed by atoms with van der Waals surface area (Å²) in [6.45, 7) is 2.70. The van der Waals surface area contributed by atoms with Crippen molar-refractivity contribution in [3.05, 3.63) is 0 Å². The van der Waals surface area contributed by atoms with Crippen LogP contribution in [0, 0.1) is 0 Å². The van der Waals surface area contributed by atoms with Crippen molar-refractivity contribution in [3.8, 4) is 0 Å². The zero-order chi connectivity index (χ0) is 12.3. The molecule has 0 aliphatic carbocycles. The highest BCUT2D eigenvalue weighted by atomic mass is 16.5. The van der Waals surface area contributed by atoms with E-state index in [2.05, 4.69) is 4.90 Å². The standard InChI is InChI=1S/C11H19NO5/c13-6-8-7-16-4-3-12(8)5-9-1-2-10(17-9)11(14)15/h8-10,13H,1-7H2,(H,14,15). The van der Waals surface area contributed by atoms with Crippen LogP contribution in [0.15, 0.2) is 0 Å². The number of aliphatic hydroxyl groups is 1. The fourth-order valence-electron chi connectivity index (χ4n) is 2.38. The molecule has 2 N–H and O–H groups in total. The first kappa shape index (κ1) is 12.8. The van der Waals surface area contributed by atoms with Gasteiger partial charge in [0.1, 0.15) is 0 Å². The molecule has 6 nitrogen and oxygen atoms in total. The van der Waals surface area contributed by atoms with Gasteiger partial charge in [0, 0.05) is 13.1 Å². The lowest BCUT2D eigenvalue weighted by Crippen LogP contribution is -2.50. The van der Waals surface area contributed by atoms with E-state index in [1.54, 1.807) is 0 Å². The first-order valence-corrected chi connectivity index (χ1v) is 6.01. The van der Waals surface area contributed by atoms with Crippen LogP contribution in [-0.4, -0.2) is 72.2 Å². The predicted octanol–water partition coefficient (Wildman–Crippen LogP) is -0.688. The fourth-order valence-corrected chi connectivity index (χ4v) is 2.38. The summed E-state index contributed by atoms with van der Waals surface area (Å²) in [5.41, 5.74) is 0. The Morgan fingerprint density at radius 1 is 1.41 bits per heavy atom. The van der Waals surface area contributed by atoms with E-state index in [-0.39, 0.29) is 18.8 Å². The number of carboxylic acid groups (broad SMARTS) is 1. The minimum atomic E-state index is -0.881. The van der Waals surface area contributed by atoms with E-state index in [4.69, 9.17) is 14.6 Å². The third-order valence-electron chi connectivity index (χ3n) is 3.38. The maximum atomic E-state index is 10.8. The highest BCUT2D eigenvalue weighted by molar-refractivity contribution is 5.72. The number of hydrogen-bond acceptors (Lipinski definition) is 5. The number of ether oxygens (including phenoxy) is 2. The molecule has 0 radical (unpaired) electrons. The van der Waals surface area contributed by atoms with Gasteiger partial charge in [-0.2, -0.15) is 0 Å². The zero-order valence-corrected chi connectivity index (χ0v) is 9.75. The average Bonchev–Trinajstić information content (AvgIpc) is 2.78. The number of hydrogen-bond donors (Lipinski definition) is 2. The number of rotatable bonds is 4. The normalized spacial score (nSPS) is 35.0. The predicted molar refractivity (Wildman–Crippen MR) is 58.8 cm³/mol. The minimum Gasteiger partial charge on any atom is -0.479 e. The van der Waals surface area contributed by atoms with Gasteiger partial charge in [-0.15, -0.1) is 0 Å². The van der Waals surface area contributed by atoms with Gasteiger partial charge in [-0.05, 0) is 12.8 Å². The minimum absolute atomic E-state index is 0.0104. The van der Waals surface area contributed by atoms with Gasteiger partial charge in [0.2, 0.25) is 0 Å². The molecule has 0 saturated carbocycles. The maximum Gasteiger partial charge on any atom is 0.332 e. The van der Waals surface area contributed by atoms with E-state index >= 15 is 0 Å². The lowest BCUT2D eigenvalue weighted by Gasteiger charge is -2.35. The van der Waals surface area contributed by atoms with E-state index in [0.29, 0.717) is 26.2 Å². The number of nitrogens with zero attached hydrogens (tertiary/aromatic N) is 1. The smallest absolute Gasteiger partial charge is 0.332 e. The van der Waals surface area contributed by atoms with Crippen molar-refractivity contribution >= 4 is 5.97 Å². The molecule has 3 unspecified atom stereocenters. The van der Waals surface area contributed by atoms with E-state index in [1.807, 2.05) is 0 Å². The van der Waals surface area contributed by atoms with E-state index in [9.17, 15) is 9.90 Å². The SMILES string of the molecule is O=C(O)C1CCC(CN2CCOCC2CO)O1. The second-order valence-electron chi connectivity index (χ2n) is 4.57. The molecule has 2 aliphatic heterocycles. The quantitative estimate of drug-likeness (QED) is 0.682. The van der Waals surface area contributed by atoms with Gasteiger partial charge >= 0.3 is 5.97 Å². The van der Waals surface area contributed by atoms with Crippen LogP contribution in [0.4, 0.5) is 0 Å². The van der Waals surface area contributed by atoms with Crippen molar-refractivity contribution < 1.29 is 24.5 Å². The first-order chi connectivity index (χ1) is 8.20. The molecule has 0 aromatic carbocycles. The van der Waals surface area contributed by atoms with Crippen LogP contribution in [0.25, 0.3) is 0 Å². The highest BCUT2D eigenvalue weighted by Gasteiger charge is 2.33. The molecular formula is C11H19NO5. The molecule has 3 atom stereocenters. The van der Waals surface area contributed by atoms with Gasteiger partial charge < -0.3 is 19.7 Å². The molecule has 0 bridgehead atoms. The number of carboxylic acids is 1. The third-order valence-corrected chi connectivity index (χ3v) is 3.38. The molecule has 0 aromatic rings. The molecule has 2 saturated heterocycles. The Labute approximate surface area is 100 Å². The summed E-state index contributed by atoms with van der Waals surface area (Å²) in [5, 5.41) is 18.1. The summed E-state index contributed by atoms with van der Waals surface area (Å²) in [5.74, 6) is -0.881. The van der Waals surface area contributed by atoms with Crippen LogP contribution in [0.1, 0.15) is 12.8 Å². The number of aliphatic hydroxyl groups excluding tert-OH is 1. The van der Waals surface area contributed by atoms with E-state index in [0.717, 1.165) is 13.0 Å². The second-order valence-corrected chi connectivity index (χ2v) is 4.57. The van der Waals surface area contributed by atoms with Gasteiger partial charge in [-0.25, -0.2) is 4.79 Å². The van der Waals surface area contributed by atoms with Crippen molar-refractivity contribution in [3.63, 3.8) is 0 Å². The van der Waals surface area contributed by atoms with Gasteiger partial charge in [0.15, 0.2) is 6.10 Å². The van der Waals surface area contributed by atoms with Crippen LogP contribution >= 0.6 is 0 Å². The average molecular weight is 245 g/mol. The van der Waals surface area contributed by atoms with Gasteiger partial charge in [-0.3, -0.25) is 4.90 Å². The van der Waals surface area contributed by atoms with Gasteiger partial charge in [-0.1, -0.05) is 0 Å². The second kappa shape index (κ2) is 5.77. The zero-order valence-electron chi connectivity index (χ0n) is 9.75. The summed E-state index contributed by atoms with van der Waals surface area (Å²) < 4.78 is 10.7. The Balaban J connectivity index is 1.82. The van der Waals surface area contributed by atoms with Crippen molar-refractivity contribution in [1.29, 1.82) is 0 Å². The Kier molecular flexibility index (Phi) is 4.33. The molecule has 6 heteroatoms. The van der Waals surface area contributed by atoms with Crippen molar-refractivity contribution in [1.82, 2.24) is 4.90 Å². The number of morpholine rings is 1. The monoisotopic (exact) mass is 245 g/mol. The molecule has 0 amide bonds. The van der Waals surface area contributed by atoms with E-state index in [1.165, 1.54) is 0 Å². The lowest BCUT2D eigenvalue weighted by atomic mass is 10.1. The maximum absolute atomic E-state index is 10.8. The molecule has 0 spiro atoms. The molecule has 0 aromatic heterocycles. The lowest BCUT2D eigenvalue weighted by molar-refractivity contribution is -0.150. The molecule has 17 heavy (non-hydrogen) atoms. The van der Waals surface area contributed by atoms with Crippen molar-refractivity contribution in [2.45, 2.75) is 31.1 Å². The van der Waals surface area contributed by atoms with E-state index < -0.39 is 12.1 Å². The van der Waals surface area contributed by atoms with Gasteiger partial charge in [0.05, 0.1) is 32.0 Å². The third kappa shape index (κ3) is 3.16. The number of aliphatic carboxylic acids is 1. The van der Waals surface area contributed by atoms with Crippen LogP contribution in [0.5, 0.6) is 0 Å². The van der Waals surface area contributed by atoms with Crippen molar-refractivity contribution in [2.24, 2.45) is 0 Å². The summed E-state index contributed by atoms with van der Waals surface area (Å²) in [7, 11) is 0. The Morgan fingerprint density at radius 3 is 2.88 bits per heavy atom. The Morgan fingerprint density at radius 2 is 2.24 bits per heavy atom. The van der Waals surface area contributed by atoms with Gasteiger partial charge in [0.25, 0.3) is 0 Å². The van der Waals surface area contributed by atoms with Crippen LogP contribution in [-0.2, 0) is 14.3 Å². The topological polar surface area (TPSA) is 79.2 Å². The van der Waals surface area contributed by atoms with Crippen LogP contribution in [0.3, 0.4) is 0 Å². The Hall–Kier alpha value is -0.690. The fraction of sp³-hybridized carbons (Fsp3) is 0.909. The molecule has 2 heterocycles. The first-order valence-electron chi connectivity index (χ1n) is 6.01. The molecule has 2 rings (SSSR count). The summed E-state index contributed by atoms with van der Waals surface area (Å²) >= 11 is 0. The summed E-state index contributed by atoms with van der Waals surface area (Å²) in [6, 6.07) is 0.0104. The Bertz CT molecular complexity index is 273. The molecule has 2 aliphatic rings.